The highest BCUT2D eigenvalue weighted by Crippen LogP contribution is 2.42. The van der Waals surface area contributed by atoms with Gasteiger partial charge in [0, 0.05) is 5.56 Å². The number of nitrogens with zero attached hydrogens (tertiary/aromatic N) is 2. The fraction of sp³-hybridized carbons (Fsp3) is 0.188. The first kappa shape index (κ1) is 28.2. The summed E-state index contributed by atoms with van der Waals surface area (Å²) in [6.45, 7) is 4.18. The molecule has 0 amide bonds. The molecule has 1 atom stereocenters. The van der Waals surface area contributed by atoms with Crippen LogP contribution in [0.4, 0.5) is 0 Å². The van der Waals surface area contributed by atoms with Gasteiger partial charge in [0.25, 0.3) is 5.56 Å². The van der Waals surface area contributed by atoms with Crippen molar-refractivity contribution in [2.24, 2.45) is 4.99 Å². The number of allylic oxidation sites excluding steroid dienone is 1. The van der Waals surface area contributed by atoms with Crippen molar-refractivity contribution in [3.63, 3.8) is 0 Å². The molecule has 0 N–H and O–H groups in total. The summed E-state index contributed by atoms with van der Waals surface area (Å²) in [5.74, 6) is 2.10. The van der Waals surface area contributed by atoms with Crippen LogP contribution in [0.15, 0.2) is 82.6 Å². The van der Waals surface area contributed by atoms with E-state index in [1.807, 2.05) is 41.0 Å². The summed E-state index contributed by atoms with van der Waals surface area (Å²) < 4.78 is 21.4. The Morgan fingerprint density at radius 1 is 1.05 bits per heavy atom. The van der Waals surface area contributed by atoms with E-state index in [2.05, 4.69) is 76.0 Å². The molecule has 2 heterocycles. The van der Waals surface area contributed by atoms with Crippen LogP contribution >= 0.6 is 56.5 Å². The number of ether oxygens (including phenoxy) is 3. The molecule has 0 fully saturated rings. The van der Waals surface area contributed by atoms with Gasteiger partial charge in [-0.2, -0.15) is 0 Å². The molecule has 3 aromatic carbocycles. The fourth-order valence-electron chi connectivity index (χ4n) is 5.44. The smallest absolute Gasteiger partial charge is 0.271 e. The van der Waals surface area contributed by atoms with Crippen LogP contribution in [0.25, 0.3) is 11.8 Å². The minimum Gasteiger partial charge on any atom is -0.493 e. The van der Waals surface area contributed by atoms with Crippen LogP contribution < -0.4 is 29.1 Å². The summed E-state index contributed by atoms with van der Waals surface area (Å²) in [6, 6.07) is 18.1. The molecule has 41 heavy (non-hydrogen) atoms. The standard InChI is InChI=1S/C32H26I2N2O4S/c1-4-13-40-30-23(33)14-18(15-24(30)34)16-27-31(37)36-29(20-10-12-25(38-2)26(17-20)39-3)22-11-9-19-7-5-6-8-21(19)28(22)35-32(36)41-27/h4-8,10,12,14-17,29H,1,9,11,13H2,2-3H3/b27-16-/t29-/m1/s1. The van der Waals surface area contributed by atoms with Crippen LogP contribution in [-0.2, 0) is 6.42 Å². The van der Waals surface area contributed by atoms with Crippen molar-refractivity contribution in [2.45, 2.75) is 18.9 Å². The Morgan fingerprint density at radius 2 is 1.80 bits per heavy atom. The SMILES string of the molecule is C=CCOc1c(I)cc(/C=c2\sc3n(c2=O)[C@H](c2ccc(OC)c(OC)c2)C2=C(N=3)c3ccccc3CC2)cc1I. The Labute approximate surface area is 269 Å². The summed E-state index contributed by atoms with van der Waals surface area (Å²) in [5.41, 5.74) is 6.36. The Hall–Kier alpha value is -2.90. The predicted octanol–water partition coefficient (Wildman–Crippen LogP) is 6.11. The van der Waals surface area contributed by atoms with Gasteiger partial charge >= 0.3 is 0 Å². The van der Waals surface area contributed by atoms with Crippen LogP contribution in [0, 0.1) is 7.14 Å². The van der Waals surface area contributed by atoms with Gasteiger partial charge in [-0.05, 0) is 111 Å². The molecule has 0 saturated carbocycles. The zero-order valence-electron chi connectivity index (χ0n) is 22.4. The van der Waals surface area contributed by atoms with Gasteiger partial charge in [-0.3, -0.25) is 9.36 Å². The molecular formula is C32H26I2N2O4S. The van der Waals surface area contributed by atoms with E-state index in [0.29, 0.717) is 27.4 Å². The van der Waals surface area contributed by atoms with Gasteiger partial charge in [0.15, 0.2) is 16.3 Å². The molecule has 1 aromatic heterocycles. The average Bonchev–Trinajstić information content (AvgIpc) is 3.29. The van der Waals surface area contributed by atoms with Crippen molar-refractivity contribution in [2.75, 3.05) is 20.8 Å². The third kappa shape index (κ3) is 5.16. The first-order valence-corrected chi connectivity index (χ1v) is 16.0. The number of halogens is 2. The maximum atomic E-state index is 14.1. The average molecular weight is 788 g/mol. The van der Waals surface area contributed by atoms with Crippen molar-refractivity contribution >= 4 is 68.3 Å². The van der Waals surface area contributed by atoms with Crippen molar-refractivity contribution < 1.29 is 14.2 Å². The van der Waals surface area contributed by atoms with Crippen molar-refractivity contribution in [1.29, 1.82) is 0 Å². The molecule has 6 nitrogen and oxygen atoms in total. The van der Waals surface area contributed by atoms with Gasteiger partial charge in [-0.1, -0.05) is 54.3 Å². The molecule has 9 heteroatoms. The number of benzene rings is 3. The van der Waals surface area contributed by atoms with E-state index in [9.17, 15) is 4.79 Å². The number of thiazole rings is 1. The summed E-state index contributed by atoms with van der Waals surface area (Å²) in [5, 5.41) is 0. The molecule has 2 aliphatic rings. The summed E-state index contributed by atoms with van der Waals surface area (Å²) >= 11 is 5.97. The van der Waals surface area contributed by atoms with E-state index in [0.717, 1.165) is 53.7 Å². The Kier molecular flexibility index (Phi) is 8.10. The Balaban J connectivity index is 1.56. The van der Waals surface area contributed by atoms with Gasteiger partial charge in [-0.15, -0.1) is 0 Å². The first-order chi connectivity index (χ1) is 19.9. The number of aromatic nitrogens is 1. The second kappa shape index (κ2) is 11.8. The number of aryl methyl sites for hydroxylation is 1. The minimum absolute atomic E-state index is 0.0593. The van der Waals surface area contributed by atoms with Crippen LogP contribution in [0.1, 0.15) is 34.7 Å². The van der Waals surface area contributed by atoms with E-state index >= 15 is 0 Å². The zero-order chi connectivity index (χ0) is 28.7. The van der Waals surface area contributed by atoms with Crippen molar-refractivity contribution in [3.8, 4) is 17.2 Å². The van der Waals surface area contributed by atoms with Crippen LogP contribution in [0.5, 0.6) is 17.2 Å². The lowest BCUT2D eigenvalue weighted by Crippen LogP contribution is -2.38. The van der Waals surface area contributed by atoms with Crippen LogP contribution in [0.2, 0.25) is 0 Å². The third-order valence-electron chi connectivity index (χ3n) is 7.26. The lowest BCUT2D eigenvalue weighted by molar-refractivity contribution is 0.354. The number of hydrogen-bond donors (Lipinski definition) is 0. The minimum atomic E-state index is -0.300. The molecule has 0 saturated heterocycles. The van der Waals surface area contributed by atoms with E-state index < -0.39 is 0 Å². The van der Waals surface area contributed by atoms with Gasteiger partial charge < -0.3 is 14.2 Å². The van der Waals surface area contributed by atoms with E-state index in [4.69, 9.17) is 19.2 Å². The van der Waals surface area contributed by atoms with E-state index in [1.54, 1.807) is 20.3 Å². The third-order valence-corrected chi connectivity index (χ3v) is 9.85. The molecule has 0 unspecified atom stereocenters. The largest absolute Gasteiger partial charge is 0.493 e. The Bertz CT molecular complexity index is 1880. The highest BCUT2D eigenvalue weighted by molar-refractivity contribution is 14.1. The molecule has 0 spiro atoms. The molecule has 0 radical (unpaired) electrons. The van der Waals surface area contributed by atoms with Gasteiger partial charge in [-0.25, -0.2) is 4.99 Å². The molecule has 6 rings (SSSR count). The lowest BCUT2D eigenvalue weighted by Gasteiger charge is -2.31. The number of fused-ring (bicyclic) bond motifs is 3. The summed E-state index contributed by atoms with van der Waals surface area (Å²) in [4.78, 5) is 19.9. The highest BCUT2D eigenvalue weighted by atomic mass is 127. The van der Waals surface area contributed by atoms with E-state index in [-0.39, 0.29) is 11.6 Å². The fourth-order valence-corrected chi connectivity index (χ4v) is 8.57. The number of hydrogen-bond acceptors (Lipinski definition) is 6. The van der Waals surface area contributed by atoms with Crippen molar-refractivity contribution in [3.05, 3.63) is 122 Å². The molecule has 1 aliphatic carbocycles. The molecule has 0 bridgehead atoms. The highest BCUT2D eigenvalue weighted by Gasteiger charge is 2.33. The second-order valence-electron chi connectivity index (χ2n) is 9.64. The summed E-state index contributed by atoms with van der Waals surface area (Å²) in [6.07, 6.45) is 5.40. The van der Waals surface area contributed by atoms with E-state index in [1.165, 1.54) is 16.9 Å². The lowest BCUT2D eigenvalue weighted by atomic mass is 9.83. The maximum absolute atomic E-state index is 14.1. The second-order valence-corrected chi connectivity index (χ2v) is 13.0. The molecular weight excluding hydrogens is 762 g/mol. The van der Waals surface area contributed by atoms with Crippen LogP contribution in [0.3, 0.4) is 0 Å². The summed E-state index contributed by atoms with van der Waals surface area (Å²) in [7, 11) is 3.25. The predicted molar refractivity (Wildman–Crippen MR) is 180 cm³/mol. The molecule has 1 aliphatic heterocycles. The monoisotopic (exact) mass is 788 g/mol. The van der Waals surface area contributed by atoms with Crippen LogP contribution in [-0.4, -0.2) is 25.4 Å². The van der Waals surface area contributed by atoms with Gasteiger partial charge in [0.1, 0.15) is 12.4 Å². The zero-order valence-corrected chi connectivity index (χ0v) is 27.6. The van der Waals surface area contributed by atoms with Gasteiger partial charge in [0.2, 0.25) is 0 Å². The van der Waals surface area contributed by atoms with Crippen molar-refractivity contribution in [1.82, 2.24) is 4.57 Å². The quantitative estimate of drug-likeness (QED) is 0.168. The number of rotatable bonds is 7. The Morgan fingerprint density at radius 3 is 2.54 bits per heavy atom. The topological polar surface area (TPSA) is 62.0 Å². The molecule has 208 valence electrons. The van der Waals surface area contributed by atoms with Gasteiger partial charge in [0.05, 0.1) is 37.6 Å². The first-order valence-electron chi connectivity index (χ1n) is 13.0. The number of methoxy groups -OCH3 is 2. The maximum Gasteiger partial charge on any atom is 0.271 e. The molecule has 4 aromatic rings. The normalized spacial score (nSPS) is 15.9.